The van der Waals surface area contributed by atoms with Crippen molar-refractivity contribution in [2.24, 2.45) is 0 Å². The molecule has 0 amide bonds. The molecule has 0 aliphatic rings. The second kappa shape index (κ2) is 12.0. The van der Waals surface area contributed by atoms with Crippen molar-refractivity contribution in [1.82, 2.24) is 0 Å². The van der Waals surface area contributed by atoms with Crippen LogP contribution in [0.2, 0.25) is 0 Å². The third kappa shape index (κ3) is 6.81. The Kier molecular flexibility index (Phi) is 8.08. The third-order valence-electron chi connectivity index (χ3n) is 5.62. The van der Waals surface area contributed by atoms with E-state index in [0.29, 0.717) is 16.7 Å². The summed E-state index contributed by atoms with van der Waals surface area (Å²) in [5.74, 6) is 0. The van der Waals surface area contributed by atoms with Crippen molar-refractivity contribution < 1.29 is 14.4 Å². The van der Waals surface area contributed by atoms with E-state index in [2.05, 4.69) is 18.2 Å². The lowest BCUT2D eigenvalue weighted by Gasteiger charge is -2.03. The fourth-order valence-electron chi connectivity index (χ4n) is 3.63. The average Bonchev–Trinajstić information content (AvgIpc) is 2.94. The van der Waals surface area contributed by atoms with Gasteiger partial charge in [-0.15, -0.1) is 0 Å². The minimum Gasteiger partial charge on any atom is -0.298 e. The largest absolute Gasteiger partial charge is 0.298 e. The van der Waals surface area contributed by atoms with E-state index in [1.165, 1.54) is 0 Å². The molecule has 0 aliphatic carbocycles. The van der Waals surface area contributed by atoms with Gasteiger partial charge in [0.15, 0.2) is 0 Å². The van der Waals surface area contributed by atoms with Gasteiger partial charge < -0.3 is 0 Å². The number of hydrogen-bond acceptors (Lipinski definition) is 3. The summed E-state index contributed by atoms with van der Waals surface area (Å²) in [6, 6.07) is 28.6. The summed E-state index contributed by atoms with van der Waals surface area (Å²) >= 11 is 0. The Balaban J connectivity index is 1.63. The number of carbonyl (C=O) groups excluding carboxylic acids is 3. The van der Waals surface area contributed by atoms with Gasteiger partial charge in [-0.1, -0.05) is 109 Å². The first-order chi connectivity index (χ1) is 17.6. The summed E-state index contributed by atoms with van der Waals surface area (Å²) in [7, 11) is 0. The summed E-state index contributed by atoms with van der Waals surface area (Å²) in [5.41, 5.74) is 8.05. The van der Waals surface area contributed by atoms with Crippen molar-refractivity contribution in [2.75, 3.05) is 0 Å². The number of aldehydes is 3. The molecule has 4 rings (SSSR count). The first-order valence-corrected chi connectivity index (χ1v) is 11.5. The average molecular weight is 469 g/mol. The van der Waals surface area contributed by atoms with Crippen molar-refractivity contribution >= 4 is 55.3 Å². The maximum Gasteiger partial charge on any atom is 0.150 e. The summed E-state index contributed by atoms with van der Waals surface area (Å²) in [6.45, 7) is 0. The Morgan fingerprint density at radius 2 is 0.472 bits per heavy atom. The van der Waals surface area contributed by atoms with Gasteiger partial charge in [0.25, 0.3) is 0 Å². The van der Waals surface area contributed by atoms with Crippen LogP contribution < -0.4 is 0 Å². The van der Waals surface area contributed by atoms with E-state index in [1.807, 2.05) is 72.9 Å². The van der Waals surface area contributed by atoms with Crippen LogP contribution in [0.4, 0.5) is 0 Å². The van der Waals surface area contributed by atoms with Gasteiger partial charge in [-0.05, 0) is 51.6 Å². The molecule has 36 heavy (non-hydrogen) atoms. The molecule has 4 aromatic carbocycles. The molecule has 0 heterocycles. The first-order valence-electron chi connectivity index (χ1n) is 11.5. The molecule has 0 fully saturated rings. The van der Waals surface area contributed by atoms with E-state index in [-0.39, 0.29) is 0 Å². The number of hydrogen-bond donors (Lipinski definition) is 0. The van der Waals surface area contributed by atoms with Crippen LogP contribution in [0.5, 0.6) is 0 Å². The van der Waals surface area contributed by atoms with E-state index < -0.39 is 0 Å². The molecule has 0 N–H and O–H groups in total. The SMILES string of the molecule is O=Cc1ccc(C=Cc2cc(C=Cc3ccc(C=O)cc3)cc(C=Cc3ccc(C=O)cc3)c2)cc1. The standard InChI is InChI=1S/C33H24O3/c34-22-28-10-1-25(2-11-28)7-16-31-19-32(17-8-26-3-12-29(23-35)13-4-26)21-33(20-31)18-9-27-5-14-30(24-36)15-6-27/h1-24H. The molecule has 3 heteroatoms. The molecule has 0 saturated carbocycles. The van der Waals surface area contributed by atoms with E-state index in [9.17, 15) is 14.4 Å². The first kappa shape index (κ1) is 24.2. The van der Waals surface area contributed by atoms with Crippen molar-refractivity contribution in [3.63, 3.8) is 0 Å². The van der Waals surface area contributed by atoms with Crippen LogP contribution >= 0.6 is 0 Å². The zero-order valence-corrected chi connectivity index (χ0v) is 19.6. The highest BCUT2D eigenvalue weighted by Crippen LogP contribution is 2.19. The molecule has 0 saturated heterocycles. The monoisotopic (exact) mass is 468 g/mol. The summed E-state index contributed by atoms with van der Waals surface area (Å²) < 4.78 is 0. The Bertz CT molecular complexity index is 1240. The Morgan fingerprint density at radius 1 is 0.278 bits per heavy atom. The van der Waals surface area contributed by atoms with Crippen molar-refractivity contribution in [3.05, 3.63) is 141 Å². The van der Waals surface area contributed by atoms with Crippen LogP contribution in [0.1, 0.15) is 64.5 Å². The van der Waals surface area contributed by atoms with Crippen LogP contribution in [-0.2, 0) is 0 Å². The summed E-state index contributed by atoms with van der Waals surface area (Å²) in [6.07, 6.45) is 14.7. The normalized spacial score (nSPS) is 11.3. The maximum absolute atomic E-state index is 10.9. The summed E-state index contributed by atoms with van der Waals surface area (Å²) in [4.78, 5) is 32.7. The van der Waals surface area contributed by atoms with E-state index in [0.717, 1.165) is 52.2 Å². The molecule has 0 bridgehead atoms. The van der Waals surface area contributed by atoms with Gasteiger partial charge in [-0.2, -0.15) is 0 Å². The van der Waals surface area contributed by atoms with Gasteiger partial charge in [0.1, 0.15) is 18.9 Å². The zero-order chi connectivity index (χ0) is 25.2. The molecule has 0 unspecified atom stereocenters. The maximum atomic E-state index is 10.9. The topological polar surface area (TPSA) is 51.2 Å². The highest BCUT2D eigenvalue weighted by molar-refractivity contribution is 5.81. The van der Waals surface area contributed by atoms with Gasteiger partial charge >= 0.3 is 0 Å². The van der Waals surface area contributed by atoms with Gasteiger partial charge in [-0.25, -0.2) is 0 Å². The molecule has 4 aromatic rings. The number of benzene rings is 4. The van der Waals surface area contributed by atoms with Crippen molar-refractivity contribution in [3.8, 4) is 0 Å². The molecule has 3 nitrogen and oxygen atoms in total. The van der Waals surface area contributed by atoms with Crippen LogP contribution in [0.15, 0.2) is 91.0 Å². The van der Waals surface area contributed by atoms with E-state index >= 15 is 0 Å². The smallest absolute Gasteiger partial charge is 0.150 e. The predicted molar refractivity (Wildman–Crippen MR) is 149 cm³/mol. The Hall–Kier alpha value is -4.89. The molecule has 0 spiro atoms. The van der Waals surface area contributed by atoms with Gasteiger partial charge in [0.2, 0.25) is 0 Å². The highest BCUT2D eigenvalue weighted by atomic mass is 16.1. The van der Waals surface area contributed by atoms with Crippen molar-refractivity contribution in [1.29, 1.82) is 0 Å². The van der Waals surface area contributed by atoms with Crippen molar-refractivity contribution in [2.45, 2.75) is 0 Å². The number of rotatable bonds is 9. The fourth-order valence-corrected chi connectivity index (χ4v) is 3.63. The Labute approximate surface area is 210 Å². The molecular formula is C33H24O3. The quantitative estimate of drug-likeness (QED) is 0.187. The predicted octanol–water partition coefficient (Wildman–Crippen LogP) is 7.64. The lowest BCUT2D eigenvalue weighted by Crippen LogP contribution is -1.83. The minimum absolute atomic E-state index is 0.647. The molecule has 174 valence electrons. The molecular weight excluding hydrogens is 444 g/mol. The minimum atomic E-state index is 0.647. The lowest BCUT2D eigenvalue weighted by molar-refractivity contribution is 0.111. The lowest BCUT2D eigenvalue weighted by atomic mass is 10.0. The summed E-state index contributed by atoms with van der Waals surface area (Å²) in [5, 5.41) is 0. The van der Waals surface area contributed by atoms with Gasteiger partial charge in [-0.3, -0.25) is 14.4 Å². The molecule has 0 radical (unpaired) electrons. The second-order valence-electron chi connectivity index (χ2n) is 8.29. The Morgan fingerprint density at radius 3 is 0.694 bits per heavy atom. The van der Waals surface area contributed by atoms with Crippen LogP contribution in [0.25, 0.3) is 36.5 Å². The van der Waals surface area contributed by atoms with Gasteiger partial charge in [0.05, 0.1) is 0 Å². The highest BCUT2D eigenvalue weighted by Gasteiger charge is 1.98. The number of carbonyl (C=O) groups is 3. The molecule has 0 aliphatic heterocycles. The molecule has 0 atom stereocenters. The fraction of sp³-hybridized carbons (Fsp3) is 0. The van der Waals surface area contributed by atoms with Crippen LogP contribution in [0, 0.1) is 0 Å². The zero-order valence-electron chi connectivity index (χ0n) is 19.6. The van der Waals surface area contributed by atoms with Crippen LogP contribution in [-0.4, -0.2) is 18.9 Å². The third-order valence-corrected chi connectivity index (χ3v) is 5.62. The van der Waals surface area contributed by atoms with E-state index in [4.69, 9.17) is 0 Å². The van der Waals surface area contributed by atoms with Gasteiger partial charge in [0, 0.05) is 16.7 Å². The van der Waals surface area contributed by atoms with Crippen LogP contribution in [0.3, 0.4) is 0 Å². The molecule has 0 aromatic heterocycles. The van der Waals surface area contributed by atoms with E-state index in [1.54, 1.807) is 36.4 Å². The second-order valence-corrected chi connectivity index (χ2v) is 8.29.